The molecule has 1 unspecified atom stereocenters. The fraction of sp³-hybridized carbons (Fsp3) is 0.600. The fourth-order valence-corrected chi connectivity index (χ4v) is 0.863. The van der Waals surface area contributed by atoms with E-state index in [-0.39, 0.29) is 5.91 Å². The van der Waals surface area contributed by atoms with E-state index in [1.807, 2.05) is 0 Å². The van der Waals surface area contributed by atoms with Crippen molar-refractivity contribution in [1.29, 1.82) is 0 Å². The summed E-state index contributed by atoms with van der Waals surface area (Å²) in [5.74, 6) is -0.979. The Bertz CT molecular complexity index is 189. The second kappa shape index (κ2) is 2.55. The lowest BCUT2D eigenvalue weighted by atomic mass is 10.2. The highest BCUT2D eigenvalue weighted by Crippen LogP contribution is 2.07. The van der Waals surface area contributed by atoms with Crippen molar-refractivity contribution in [3.63, 3.8) is 0 Å². The summed E-state index contributed by atoms with van der Waals surface area (Å²) in [5.41, 5.74) is 0. The second-order valence-corrected chi connectivity index (χ2v) is 2.09. The van der Waals surface area contributed by atoms with Gasteiger partial charge in [0, 0.05) is 11.6 Å². The molecule has 1 fully saturated rings. The Morgan fingerprint density at radius 2 is 2.40 bits per heavy atom. The zero-order valence-corrected chi connectivity index (χ0v) is 5.16. The molecule has 0 spiro atoms. The van der Waals surface area contributed by atoms with Crippen LogP contribution in [0.5, 0.6) is 0 Å². The first-order valence-electron chi connectivity index (χ1n) is 2.90. The lowest BCUT2D eigenvalue weighted by Crippen LogP contribution is -2.31. The summed E-state index contributed by atoms with van der Waals surface area (Å²) in [4.78, 5) is 30.6. The van der Waals surface area contributed by atoms with Crippen LogP contribution in [0.4, 0.5) is 0 Å². The molecule has 0 aromatic heterocycles. The summed E-state index contributed by atoms with van der Waals surface area (Å²) >= 11 is 0. The predicted octanol–water partition coefficient (Wildman–Crippen LogP) is -0.442. The normalized spacial score (nSPS) is 24.0. The minimum absolute atomic E-state index is 0.193. The van der Waals surface area contributed by atoms with Crippen molar-refractivity contribution < 1.29 is 9.59 Å². The molecule has 5 heteroatoms. The smallest absolute Gasteiger partial charge is 0.308 e. The average Bonchev–Trinajstić information content (AvgIpc) is 2.34. The van der Waals surface area contributed by atoms with Crippen molar-refractivity contribution in [1.82, 2.24) is 5.32 Å². The first-order chi connectivity index (χ1) is 4.74. The molecule has 0 saturated carbocycles. The molecule has 0 aliphatic carbocycles. The van der Waals surface area contributed by atoms with E-state index in [0.717, 1.165) is 0 Å². The lowest BCUT2D eigenvalue weighted by Gasteiger charge is -1.99. The lowest BCUT2D eigenvalue weighted by molar-refractivity contribution is -0.123. The van der Waals surface area contributed by atoms with Crippen LogP contribution in [0, 0.1) is 4.91 Å². The third-order valence-electron chi connectivity index (χ3n) is 1.38. The predicted molar refractivity (Wildman–Crippen MR) is 32.0 cm³/mol. The van der Waals surface area contributed by atoms with E-state index in [9.17, 15) is 14.5 Å². The third kappa shape index (κ3) is 1.18. The van der Waals surface area contributed by atoms with Crippen LogP contribution in [0.1, 0.15) is 12.8 Å². The zero-order chi connectivity index (χ0) is 7.56. The number of amides is 2. The van der Waals surface area contributed by atoms with Crippen LogP contribution in [-0.2, 0) is 9.59 Å². The molecule has 5 nitrogen and oxygen atoms in total. The van der Waals surface area contributed by atoms with Gasteiger partial charge in [0.15, 0.2) is 0 Å². The first kappa shape index (κ1) is 6.85. The summed E-state index contributed by atoms with van der Waals surface area (Å²) in [6.45, 7) is 0. The minimum atomic E-state index is -0.786. The molecular weight excluding hydrogens is 136 g/mol. The van der Waals surface area contributed by atoms with Gasteiger partial charge in [-0.1, -0.05) is 0 Å². The standard InChI is InChI=1S/C5H6N2O3/c8-4-2-1-3(6-4)5(9)7-10/h3H,1-2H2,(H,6,8). The molecule has 2 amide bonds. The number of rotatable bonds is 1. The average molecular weight is 142 g/mol. The molecule has 0 radical (unpaired) electrons. The maximum absolute atomic E-state index is 10.5. The number of nitrogens with one attached hydrogen (secondary N) is 1. The molecule has 0 bridgehead atoms. The SMILES string of the molecule is O=NC(=O)C1CCC(=O)N1. The third-order valence-corrected chi connectivity index (χ3v) is 1.38. The molecule has 1 N–H and O–H groups in total. The minimum Gasteiger partial charge on any atom is -0.344 e. The van der Waals surface area contributed by atoms with Gasteiger partial charge in [-0.05, 0) is 6.42 Å². The summed E-state index contributed by atoms with van der Waals surface area (Å²) < 4.78 is 0. The van der Waals surface area contributed by atoms with Gasteiger partial charge in [0.1, 0.15) is 6.04 Å². The van der Waals surface area contributed by atoms with E-state index in [4.69, 9.17) is 0 Å². The van der Waals surface area contributed by atoms with Crippen molar-refractivity contribution in [3.8, 4) is 0 Å². The maximum atomic E-state index is 10.5. The zero-order valence-electron chi connectivity index (χ0n) is 5.16. The molecule has 1 atom stereocenters. The van der Waals surface area contributed by atoms with Crippen LogP contribution in [-0.4, -0.2) is 17.9 Å². The Kier molecular flexibility index (Phi) is 1.75. The van der Waals surface area contributed by atoms with Gasteiger partial charge < -0.3 is 5.32 Å². The molecular formula is C5H6N2O3. The highest BCUT2D eigenvalue weighted by Gasteiger charge is 2.27. The Morgan fingerprint density at radius 3 is 2.80 bits per heavy atom. The summed E-state index contributed by atoms with van der Waals surface area (Å²) in [5, 5.41) is 4.52. The Morgan fingerprint density at radius 1 is 1.70 bits per heavy atom. The van der Waals surface area contributed by atoms with Gasteiger partial charge >= 0.3 is 5.91 Å². The Balaban J connectivity index is 2.52. The van der Waals surface area contributed by atoms with Crippen molar-refractivity contribution in [2.45, 2.75) is 18.9 Å². The summed E-state index contributed by atoms with van der Waals surface area (Å²) in [6.07, 6.45) is 0.704. The van der Waals surface area contributed by atoms with Gasteiger partial charge in [0.2, 0.25) is 5.91 Å². The van der Waals surface area contributed by atoms with Gasteiger partial charge in [-0.3, -0.25) is 9.59 Å². The molecule has 1 rings (SSSR count). The summed E-state index contributed by atoms with van der Waals surface area (Å²) in [7, 11) is 0. The number of hydrogen-bond acceptors (Lipinski definition) is 3. The molecule has 1 aliphatic rings. The van der Waals surface area contributed by atoms with Gasteiger partial charge in [-0.2, -0.15) is 0 Å². The van der Waals surface area contributed by atoms with Crippen LogP contribution in [0.15, 0.2) is 5.18 Å². The van der Waals surface area contributed by atoms with Crippen molar-refractivity contribution in [2.75, 3.05) is 0 Å². The first-order valence-corrected chi connectivity index (χ1v) is 2.90. The quantitative estimate of drug-likeness (QED) is 0.504. The van der Waals surface area contributed by atoms with Gasteiger partial charge in [0.25, 0.3) is 0 Å². The van der Waals surface area contributed by atoms with Crippen molar-refractivity contribution in [3.05, 3.63) is 4.91 Å². The molecule has 54 valence electrons. The number of hydrogen-bond donors (Lipinski definition) is 1. The highest BCUT2D eigenvalue weighted by atomic mass is 16.3. The van der Waals surface area contributed by atoms with Crippen LogP contribution < -0.4 is 5.32 Å². The van der Waals surface area contributed by atoms with Gasteiger partial charge in [0.05, 0.1) is 0 Å². The molecule has 0 aromatic carbocycles. The number of nitrogens with zero attached hydrogens (tertiary/aromatic N) is 1. The van der Waals surface area contributed by atoms with Crippen LogP contribution >= 0.6 is 0 Å². The second-order valence-electron chi connectivity index (χ2n) is 2.09. The van der Waals surface area contributed by atoms with Crippen LogP contribution in [0.25, 0.3) is 0 Å². The summed E-state index contributed by atoms with van der Waals surface area (Å²) in [6, 6.07) is -0.662. The molecule has 1 heterocycles. The van der Waals surface area contributed by atoms with E-state index in [1.54, 1.807) is 0 Å². The number of carbonyl (C=O) groups is 2. The van der Waals surface area contributed by atoms with E-state index >= 15 is 0 Å². The number of carbonyl (C=O) groups excluding carboxylic acids is 2. The molecule has 0 aromatic rings. The highest BCUT2D eigenvalue weighted by molar-refractivity contribution is 5.91. The molecule has 1 saturated heterocycles. The molecule has 10 heavy (non-hydrogen) atoms. The van der Waals surface area contributed by atoms with Gasteiger partial charge in [-0.25, -0.2) is 0 Å². The Labute approximate surface area is 56.8 Å². The maximum Gasteiger partial charge on any atom is 0.308 e. The van der Waals surface area contributed by atoms with E-state index < -0.39 is 11.9 Å². The van der Waals surface area contributed by atoms with Crippen molar-refractivity contribution >= 4 is 11.8 Å². The van der Waals surface area contributed by atoms with E-state index in [2.05, 4.69) is 10.5 Å². The topological polar surface area (TPSA) is 75.6 Å². The van der Waals surface area contributed by atoms with E-state index in [1.165, 1.54) is 0 Å². The Hall–Kier alpha value is -1.26. The number of nitroso groups, excluding NO2 is 1. The van der Waals surface area contributed by atoms with Crippen molar-refractivity contribution in [2.24, 2.45) is 5.18 Å². The largest absolute Gasteiger partial charge is 0.344 e. The fourth-order valence-electron chi connectivity index (χ4n) is 0.863. The van der Waals surface area contributed by atoms with Crippen LogP contribution in [0.2, 0.25) is 0 Å². The van der Waals surface area contributed by atoms with Crippen LogP contribution in [0.3, 0.4) is 0 Å². The monoisotopic (exact) mass is 142 g/mol. The van der Waals surface area contributed by atoms with E-state index in [0.29, 0.717) is 12.8 Å². The molecule has 1 aliphatic heterocycles. The van der Waals surface area contributed by atoms with Gasteiger partial charge in [-0.15, -0.1) is 4.91 Å².